The van der Waals surface area contributed by atoms with Gasteiger partial charge in [-0.3, -0.25) is 4.79 Å². The molecule has 3 N–H and O–H groups in total. The van der Waals surface area contributed by atoms with Gasteiger partial charge >= 0.3 is 0 Å². The average Bonchev–Trinajstić information content (AvgIpc) is 2.40. The van der Waals surface area contributed by atoms with Gasteiger partial charge < -0.3 is 10.1 Å². The Bertz CT molecular complexity index is 585. The molecule has 0 aliphatic heterocycles. The monoisotopic (exact) mass is 314 g/mol. The van der Waals surface area contributed by atoms with Gasteiger partial charge in [-0.05, 0) is 37.1 Å². The summed E-state index contributed by atoms with van der Waals surface area (Å²) in [6.45, 7) is 5.26. The number of hydrogen-bond acceptors (Lipinski definition) is 4. The minimum Gasteiger partial charge on any atom is -0.380 e. The van der Waals surface area contributed by atoms with Crippen molar-refractivity contribution in [3.8, 4) is 0 Å². The van der Waals surface area contributed by atoms with Crippen LogP contribution < -0.4 is 10.5 Å². The normalized spacial score (nSPS) is 11.4. The molecule has 0 heterocycles. The highest BCUT2D eigenvalue weighted by molar-refractivity contribution is 7.89. The van der Waals surface area contributed by atoms with E-state index in [2.05, 4.69) is 12.2 Å². The summed E-state index contributed by atoms with van der Waals surface area (Å²) >= 11 is 0. The number of sulfonamides is 1. The van der Waals surface area contributed by atoms with Crippen LogP contribution in [0.25, 0.3) is 0 Å². The van der Waals surface area contributed by atoms with Gasteiger partial charge in [0.25, 0.3) is 5.91 Å². The molecule has 1 aromatic carbocycles. The second-order valence-corrected chi connectivity index (χ2v) is 6.36. The molecule has 0 saturated heterocycles. The van der Waals surface area contributed by atoms with E-state index < -0.39 is 10.0 Å². The lowest BCUT2D eigenvalue weighted by molar-refractivity contribution is 0.0912. The zero-order chi connectivity index (χ0) is 15.9. The van der Waals surface area contributed by atoms with Crippen molar-refractivity contribution in [2.45, 2.75) is 31.6 Å². The highest BCUT2D eigenvalue weighted by Crippen LogP contribution is 2.13. The topological polar surface area (TPSA) is 98.5 Å². The molecule has 0 aromatic heterocycles. The van der Waals surface area contributed by atoms with Gasteiger partial charge in [0.1, 0.15) is 0 Å². The van der Waals surface area contributed by atoms with Gasteiger partial charge in [-0.25, -0.2) is 13.6 Å². The molecule has 0 aliphatic carbocycles. The first-order valence-electron chi connectivity index (χ1n) is 6.85. The Morgan fingerprint density at radius 2 is 2.00 bits per heavy atom. The Morgan fingerprint density at radius 3 is 2.62 bits per heavy atom. The second kappa shape index (κ2) is 8.11. The summed E-state index contributed by atoms with van der Waals surface area (Å²) in [6.07, 6.45) is 2.05. The second-order valence-electron chi connectivity index (χ2n) is 4.80. The van der Waals surface area contributed by atoms with Crippen LogP contribution >= 0.6 is 0 Å². The lowest BCUT2D eigenvalue weighted by atomic mass is 10.1. The molecule has 0 unspecified atom stereocenters. The van der Waals surface area contributed by atoms with E-state index in [4.69, 9.17) is 9.88 Å². The number of ether oxygens (including phenoxy) is 1. The number of rotatable bonds is 8. The van der Waals surface area contributed by atoms with Crippen LogP contribution in [0.2, 0.25) is 0 Å². The number of carbonyl (C=O) groups is 1. The van der Waals surface area contributed by atoms with Crippen LogP contribution in [0.15, 0.2) is 23.1 Å². The van der Waals surface area contributed by atoms with E-state index >= 15 is 0 Å². The summed E-state index contributed by atoms with van der Waals surface area (Å²) in [6, 6.07) is 4.32. The Hall–Kier alpha value is -1.44. The maximum absolute atomic E-state index is 12.0. The molecule has 0 aliphatic rings. The van der Waals surface area contributed by atoms with Crippen LogP contribution in [0.4, 0.5) is 0 Å². The number of unbranched alkanes of at least 4 members (excludes halogenated alkanes) is 1. The number of benzene rings is 1. The van der Waals surface area contributed by atoms with Crippen molar-refractivity contribution in [2.24, 2.45) is 5.14 Å². The zero-order valence-corrected chi connectivity index (χ0v) is 13.2. The summed E-state index contributed by atoms with van der Waals surface area (Å²) in [5.74, 6) is -0.345. The van der Waals surface area contributed by atoms with Gasteiger partial charge in [-0.15, -0.1) is 0 Å². The van der Waals surface area contributed by atoms with Crippen molar-refractivity contribution >= 4 is 15.9 Å². The maximum atomic E-state index is 12.0. The predicted octanol–water partition coefficient (Wildman–Crippen LogP) is 1.19. The summed E-state index contributed by atoms with van der Waals surface area (Å²) in [4.78, 5) is 11.9. The third-order valence-electron chi connectivity index (χ3n) is 2.82. The van der Waals surface area contributed by atoms with Crippen LogP contribution in [-0.4, -0.2) is 34.1 Å². The van der Waals surface area contributed by atoms with Gasteiger partial charge in [0, 0.05) is 18.7 Å². The predicted molar refractivity (Wildman–Crippen MR) is 80.6 cm³/mol. The fraction of sp³-hybridized carbons (Fsp3) is 0.500. The van der Waals surface area contributed by atoms with Gasteiger partial charge in [-0.2, -0.15) is 0 Å². The van der Waals surface area contributed by atoms with E-state index in [1.54, 1.807) is 13.0 Å². The number of carbonyl (C=O) groups excluding carboxylic acids is 1. The molecule has 6 nitrogen and oxygen atoms in total. The Labute approximate surface area is 125 Å². The zero-order valence-electron chi connectivity index (χ0n) is 12.4. The van der Waals surface area contributed by atoms with Crippen molar-refractivity contribution in [3.63, 3.8) is 0 Å². The summed E-state index contributed by atoms with van der Waals surface area (Å²) < 4.78 is 28.0. The molecule has 1 aromatic rings. The minimum atomic E-state index is -3.82. The summed E-state index contributed by atoms with van der Waals surface area (Å²) in [5.41, 5.74) is 0.929. The molecular weight excluding hydrogens is 292 g/mol. The number of hydrogen-bond donors (Lipinski definition) is 2. The number of aryl methyl sites for hydroxylation is 1. The van der Waals surface area contributed by atoms with Crippen LogP contribution in [0.3, 0.4) is 0 Å². The summed E-state index contributed by atoms with van der Waals surface area (Å²) in [7, 11) is -3.82. The average molecular weight is 314 g/mol. The summed E-state index contributed by atoms with van der Waals surface area (Å²) in [5, 5.41) is 7.77. The Kier molecular flexibility index (Phi) is 6.80. The molecular formula is C14H22N2O4S. The van der Waals surface area contributed by atoms with Crippen LogP contribution in [0.1, 0.15) is 35.7 Å². The third-order valence-corrected chi connectivity index (χ3v) is 3.71. The molecule has 1 amide bonds. The standard InChI is InChI=1S/C14H22N2O4S/c1-3-4-6-20-7-5-16-14(17)12-8-11(2)9-13(10-12)21(15,18)19/h8-10H,3-7H2,1-2H3,(H,16,17)(H2,15,18,19). The maximum Gasteiger partial charge on any atom is 0.251 e. The molecule has 7 heteroatoms. The van der Waals surface area contributed by atoms with E-state index in [0.29, 0.717) is 25.3 Å². The first kappa shape index (κ1) is 17.6. The Balaban J connectivity index is 2.60. The van der Waals surface area contributed by atoms with E-state index in [1.807, 2.05) is 0 Å². The first-order chi connectivity index (χ1) is 9.84. The molecule has 0 fully saturated rings. The van der Waals surface area contributed by atoms with E-state index in [9.17, 15) is 13.2 Å². The van der Waals surface area contributed by atoms with Crippen molar-refractivity contribution in [1.82, 2.24) is 5.32 Å². The molecule has 0 spiro atoms. The van der Waals surface area contributed by atoms with Gasteiger partial charge in [0.2, 0.25) is 10.0 Å². The largest absolute Gasteiger partial charge is 0.380 e. The van der Waals surface area contributed by atoms with Crippen LogP contribution in [0, 0.1) is 6.92 Å². The molecule has 0 bridgehead atoms. The molecule has 21 heavy (non-hydrogen) atoms. The highest BCUT2D eigenvalue weighted by atomic mass is 32.2. The Morgan fingerprint density at radius 1 is 1.29 bits per heavy atom. The minimum absolute atomic E-state index is 0.0631. The number of nitrogens with one attached hydrogen (secondary N) is 1. The van der Waals surface area contributed by atoms with Gasteiger partial charge in [0.15, 0.2) is 0 Å². The SMILES string of the molecule is CCCCOCCNC(=O)c1cc(C)cc(S(N)(=O)=O)c1. The van der Waals surface area contributed by atoms with Gasteiger partial charge in [0.05, 0.1) is 11.5 Å². The van der Waals surface area contributed by atoms with E-state index in [0.717, 1.165) is 12.8 Å². The lowest BCUT2D eigenvalue weighted by Crippen LogP contribution is -2.27. The van der Waals surface area contributed by atoms with Crippen molar-refractivity contribution in [1.29, 1.82) is 0 Å². The quantitative estimate of drug-likeness (QED) is 0.704. The number of amides is 1. The smallest absolute Gasteiger partial charge is 0.251 e. The number of primary sulfonamides is 1. The van der Waals surface area contributed by atoms with E-state index in [1.165, 1.54) is 12.1 Å². The van der Waals surface area contributed by atoms with Gasteiger partial charge in [-0.1, -0.05) is 13.3 Å². The molecule has 0 saturated carbocycles. The molecule has 0 radical (unpaired) electrons. The van der Waals surface area contributed by atoms with E-state index in [-0.39, 0.29) is 16.4 Å². The van der Waals surface area contributed by atoms with Crippen LogP contribution in [-0.2, 0) is 14.8 Å². The van der Waals surface area contributed by atoms with Crippen molar-refractivity contribution in [2.75, 3.05) is 19.8 Å². The lowest BCUT2D eigenvalue weighted by Gasteiger charge is -2.08. The van der Waals surface area contributed by atoms with Crippen molar-refractivity contribution < 1.29 is 17.9 Å². The fourth-order valence-electron chi connectivity index (χ4n) is 1.73. The molecule has 0 atom stereocenters. The van der Waals surface area contributed by atoms with Crippen LogP contribution in [0.5, 0.6) is 0 Å². The van der Waals surface area contributed by atoms with Crippen molar-refractivity contribution in [3.05, 3.63) is 29.3 Å². The fourth-order valence-corrected chi connectivity index (χ4v) is 2.37. The molecule has 118 valence electrons. The third kappa shape index (κ3) is 6.24. The molecule has 1 rings (SSSR count). The number of nitrogens with two attached hydrogens (primary N) is 1. The highest BCUT2D eigenvalue weighted by Gasteiger charge is 2.13. The first-order valence-corrected chi connectivity index (χ1v) is 8.39.